The first-order chi connectivity index (χ1) is 14.2. The lowest BCUT2D eigenvalue weighted by Gasteiger charge is -2.70. The van der Waals surface area contributed by atoms with Gasteiger partial charge in [-0.05, 0) is 114 Å². The summed E-state index contributed by atoms with van der Waals surface area (Å²) in [7, 11) is 0. The van der Waals surface area contributed by atoms with Gasteiger partial charge in [-0.25, -0.2) is 0 Å². The Labute approximate surface area is 192 Å². The maximum Gasteiger partial charge on any atom is 0.0594 e. The normalized spacial score (nSPS) is 55.2. The van der Waals surface area contributed by atoms with Crippen molar-refractivity contribution in [1.29, 1.82) is 0 Å². The molecule has 0 unspecified atom stereocenters. The van der Waals surface area contributed by atoms with Gasteiger partial charge in [0.15, 0.2) is 0 Å². The van der Waals surface area contributed by atoms with Crippen molar-refractivity contribution < 1.29 is 5.11 Å². The molecule has 0 saturated heterocycles. The minimum Gasteiger partial charge on any atom is -0.393 e. The Hall–Kier alpha value is -0.300. The van der Waals surface area contributed by atoms with Crippen LogP contribution in [0, 0.1) is 50.2 Å². The van der Waals surface area contributed by atoms with E-state index in [0.717, 1.165) is 18.3 Å². The van der Waals surface area contributed by atoms with Crippen LogP contribution in [-0.4, -0.2) is 11.2 Å². The zero-order chi connectivity index (χ0) is 22.7. The van der Waals surface area contributed by atoms with Crippen molar-refractivity contribution in [2.75, 3.05) is 0 Å². The van der Waals surface area contributed by atoms with Crippen LogP contribution < -0.4 is 0 Å². The fourth-order valence-electron chi connectivity index (χ4n) is 10.8. The summed E-state index contributed by atoms with van der Waals surface area (Å²) in [6.07, 6.45) is 15.8. The van der Waals surface area contributed by atoms with Gasteiger partial charge in [0.25, 0.3) is 0 Å². The highest BCUT2D eigenvalue weighted by Crippen LogP contribution is 2.74. The largest absolute Gasteiger partial charge is 0.393 e. The van der Waals surface area contributed by atoms with E-state index >= 15 is 0 Å². The molecule has 0 radical (unpaired) electrons. The number of rotatable bonds is 0. The first kappa shape index (κ1) is 22.5. The minimum atomic E-state index is -0.122. The van der Waals surface area contributed by atoms with Crippen LogP contribution in [0.1, 0.15) is 120 Å². The number of fused-ring (bicyclic) bond motifs is 7. The standard InChI is InChI=1S/C30H50O/c1-25(2)17-18-27(5)13-9-21-29(7)14-10-20-26(3,4)24(31)12-16-28(20,6)22(29)11-15-30(21,8)23(27)19-25/h9,20,22-24,31H,10-19H2,1-8H3/t20-,22-,23+,24-,27+,28-,29+,30+/m0/s1. The lowest BCUT2D eigenvalue weighted by Crippen LogP contribution is -2.63. The highest BCUT2D eigenvalue weighted by atomic mass is 16.3. The molecule has 0 spiro atoms. The van der Waals surface area contributed by atoms with Crippen LogP contribution in [0.3, 0.4) is 0 Å². The first-order valence-corrected chi connectivity index (χ1v) is 13.6. The molecule has 0 bridgehead atoms. The van der Waals surface area contributed by atoms with Gasteiger partial charge in [-0.2, -0.15) is 0 Å². The third kappa shape index (κ3) is 2.83. The molecule has 1 N–H and O–H groups in total. The highest BCUT2D eigenvalue weighted by Gasteiger charge is 2.66. The average molecular weight is 427 g/mol. The molecular formula is C30H50O. The van der Waals surface area contributed by atoms with E-state index in [0.29, 0.717) is 33.0 Å². The van der Waals surface area contributed by atoms with Crippen LogP contribution in [0.25, 0.3) is 0 Å². The number of aliphatic hydroxyl groups is 1. The van der Waals surface area contributed by atoms with Crippen LogP contribution in [-0.2, 0) is 0 Å². The van der Waals surface area contributed by atoms with Crippen molar-refractivity contribution >= 4 is 0 Å². The van der Waals surface area contributed by atoms with Gasteiger partial charge in [0, 0.05) is 0 Å². The zero-order valence-corrected chi connectivity index (χ0v) is 21.9. The summed E-state index contributed by atoms with van der Waals surface area (Å²) in [5, 5.41) is 10.9. The van der Waals surface area contributed by atoms with Crippen molar-refractivity contribution in [2.45, 2.75) is 126 Å². The molecule has 1 heteroatoms. The zero-order valence-electron chi connectivity index (χ0n) is 21.9. The van der Waals surface area contributed by atoms with Crippen LogP contribution in [0.15, 0.2) is 11.6 Å². The van der Waals surface area contributed by atoms with Crippen LogP contribution in [0.5, 0.6) is 0 Å². The van der Waals surface area contributed by atoms with Crippen LogP contribution >= 0.6 is 0 Å². The first-order valence-electron chi connectivity index (χ1n) is 13.6. The average Bonchev–Trinajstić information content (AvgIpc) is 2.66. The predicted octanol–water partition coefficient (Wildman–Crippen LogP) is 8.17. The molecule has 0 aliphatic heterocycles. The van der Waals surface area contributed by atoms with Gasteiger partial charge in [-0.15, -0.1) is 0 Å². The molecule has 31 heavy (non-hydrogen) atoms. The summed E-state index contributed by atoms with van der Waals surface area (Å²) >= 11 is 0. The third-order valence-electron chi connectivity index (χ3n) is 12.7. The molecule has 1 nitrogen and oxygen atoms in total. The van der Waals surface area contributed by atoms with E-state index in [4.69, 9.17) is 0 Å². The van der Waals surface area contributed by atoms with Crippen LogP contribution in [0.4, 0.5) is 0 Å². The van der Waals surface area contributed by atoms with Crippen LogP contribution in [0.2, 0.25) is 0 Å². The Morgan fingerprint density at radius 2 is 1.32 bits per heavy atom. The second-order valence-corrected chi connectivity index (χ2v) is 15.3. The number of hydrogen-bond acceptors (Lipinski definition) is 1. The Bertz CT molecular complexity index is 790. The molecular weight excluding hydrogens is 376 g/mol. The van der Waals surface area contributed by atoms with E-state index < -0.39 is 0 Å². The molecule has 5 aliphatic carbocycles. The molecule has 4 saturated carbocycles. The van der Waals surface area contributed by atoms with Crippen molar-refractivity contribution in [2.24, 2.45) is 50.2 Å². The maximum absolute atomic E-state index is 10.9. The van der Waals surface area contributed by atoms with Crippen molar-refractivity contribution in [3.05, 3.63) is 11.6 Å². The summed E-state index contributed by atoms with van der Waals surface area (Å²) in [5.41, 5.74) is 4.07. The monoisotopic (exact) mass is 426 g/mol. The van der Waals surface area contributed by atoms with Crippen molar-refractivity contribution in [3.8, 4) is 0 Å². The predicted molar refractivity (Wildman–Crippen MR) is 131 cm³/mol. The summed E-state index contributed by atoms with van der Waals surface area (Å²) in [6.45, 7) is 20.4. The number of hydrogen-bond donors (Lipinski definition) is 1. The molecule has 8 atom stereocenters. The minimum absolute atomic E-state index is 0.0575. The maximum atomic E-state index is 10.9. The molecule has 176 valence electrons. The van der Waals surface area contributed by atoms with Gasteiger partial charge in [0.2, 0.25) is 0 Å². The fourth-order valence-corrected chi connectivity index (χ4v) is 10.8. The Morgan fingerprint density at radius 1 is 0.710 bits per heavy atom. The van der Waals surface area contributed by atoms with Gasteiger partial charge >= 0.3 is 0 Å². The SMILES string of the molecule is CC1(C)CC[C@@]2(C)CC=C3[C@@](C)(CC[C@H]4[C@@]5(C)CC[C@H](O)C(C)(C)[C@@H]5CC[C@]34C)[C@@H]2C1. The van der Waals surface area contributed by atoms with E-state index in [9.17, 15) is 5.11 Å². The highest BCUT2D eigenvalue weighted by molar-refractivity contribution is 5.34. The van der Waals surface area contributed by atoms with E-state index in [1.54, 1.807) is 0 Å². The van der Waals surface area contributed by atoms with Gasteiger partial charge in [-0.1, -0.05) is 67.0 Å². The number of aliphatic hydroxyl groups excluding tert-OH is 1. The molecule has 4 fully saturated rings. The molecule has 5 rings (SSSR count). The summed E-state index contributed by atoms with van der Waals surface area (Å²) in [5.74, 6) is 2.29. The van der Waals surface area contributed by atoms with Gasteiger partial charge in [0.05, 0.1) is 6.10 Å². The summed E-state index contributed by atoms with van der Waals surface area (Å²) < 4.78 is 0. The Kier molecular flexibility index (Phi) is 4.66. The smallest absolute Gasteiger partial charge is 0.0594 e. The fraction of sp³-hybridized carbons (Fsp3) is 0.933. The summed E-state index contributed by atoms with van der Waals surface area (Å²) in [6, 6.07) is 0. The number of allylic oxidation sites excluding steroid dienone is 2. The summed E-state index contributed by atoms with van der Waals surface area (Å²) in [4.78, 5) is 0. The second kappa shape index (κ2) is 6.43. The second-order valence-electron chi connectivity index (χ2n) is 15.3. The van der Waals surface area contributed by atoms with Crippen molar-refractivity contribution in [1.82, 2.24) is 0 Å². The van der Waals surface area contributed by atoms with E-state index in [1.807, 2.05) is 5.57 Å². The molecule has 0 aromatic rings. The quantitative estimate of drug-likeness (QED) is 0.387. The molecule has 0 heterocycles. The lowest BCUT2D eigenvalue weighted by atomic mass is 9.35. The molecule has 0 aromatic carbocycles. The third-order valence-corrected chi connectivity index (χ3v) is 12.7. The van der Waals surface area contributed by atoms with Gasteiger partial charge in [0.1, 0.15) is 0 Å². The van der Waals surface area contributed by atoms with E-state index in [-0.39, 0.29) is 11.5 Å². The Balaban J connectivity index is 1.56. The van der Waals surface area contributed by atoms with Gasteiger partial charge in [-0.3, -0.25) is 0 Å². The molecule has 5 aliphatic rings. The topological polar surface area (TPSA) is 20.2 Å². The van der Waals surface area contributed by atoms with Gasteiger partial charge < -0.3 is 5.11 Å². The van der Waals surface area contributed by atoms with E-state index in [1.165, 1.54) is 57.8 Å². The Morgan fingerprint density at radius 3 is 2.00 bits per heavy atom. The molecule has 0 aromatic heterocycles. The molecule has 0 amide bonds. The van der Waals surface area contributed by atoms with Crippen molar-refractivity contribution in [3.63, 3.8) is 0 Å². The van der Waals surface area contributed by atoms with E-state index in [2.05, 4.69) is 61.5 Å². The lowest BCUT2D eigenvalue weighted by molar-refractivity contribution is -0.184.